The zero-order valence-corrected chi connectivity index (χ0v) is 14.0. The lowest BCUT2D eigenvalue weighted by molar-refractivity contribution is 0.138. The van der Waals surface area contributed by atoms with Crippen LogP contribution in [0, 0.1) is 0 Å². The zero-order chi connectivity index (χ0) is 14.9. The lowest BCUT2D eigenvalue weighted by Gasteiger charge is -2.16. The van der Waals surface area contributed by atoms with Gasteiger partial charge in [-0.2, -0.15) is 0 Å². The SMILES string of the molecule is CC1(C)Cc2cc(CNCCc3ccc(Cl)s3)ccc2O1. The molecule has 2 heterocycles. The van der Waals surface area contributed by atoms with E-state index in [1.165, 1.54) is 16.0 Å². The van der Waals surface area contributed by atoms with Crippen LogP contribution in [0.4, 0.5) is 0 Å². The standard InChI is InChI=1S/C17H20ClNOS/c1-17(2)10-13-9-12(3-5-15(13)20-17)11-19-8-7-14-4-6-16(18)21-14/h3-6,9,19H,7-8,10-11H2,1-2H3. The van der Waals surface area contributed by atoms with Crippen molar-refractivity contribution in [3.63, 3.8) is 0 Å². The van der Waals surface area contributed by atoms with Crippen LogP contribution in [0.5, 0.6) is 5.75 Å². The van der Waals surface area contributed by atoms with Gasteiger partial charge in [-0.05, 0) is 49.6 Å². The molecule has 2 aromatic rings. The third kappa shape index (κ3) is 3.79. The van der Waals surface area contributed by atoms with E-state index >= 15 is 0 Å². The van der Waals surface area contributed by atoms with Crippen LogP contribution in [0.1, 0.15) is 29.9 Å². The van der Waals surface area contributed by atoms with Crippen LogP contribution in [-0.2, 0) is 19.4 Å². The maximum absolute atomic E-state index is 5.93. The van der Waals surface area contributed by atoms with Crippen LogP contribution in [0.25, 0.3) is 0 Å². The molecule has 1 aromatic heterocycles. The Balaban J connectivity index is 1.50. The number of benzene rings is 1. The molecule has 1 N–H and O–H groups in total. The topological polar surface area (TPSA) is 21.3 Å². The van der Waals surface area contributed by atoms with Crippen LogP contribution in [0.2, 0.25) is 4.34 Å². The summed E-state index contributed by atoms with van der Waals surface area (Å²) in [7, 11) is 0. The predicted molar refractivity (Wildman–Crippen MR) is 89.6 cm³/mol. The van der Waals surface area contributed by atoms with E-state index in [2.05, 4.69) is 43.4 Å². The molecule has 1 aromatic carbocycles. The molecule has 0 aliphatic carbocycles. The van der Waals surface area contributed by atoms with Gasteiger partial charge in [-0.25, -0.2) is 0 Å². The Kier molecular flexibility index (Phi) is 4.25. The second-order valence-electron chi connectivity index (χ2n) is 6.11. The summed E-state index contributed by atoms with van der Waals surface area (Å²) >= 11 is 7.59. The fourth-order valence-corrected chi connectivity index (χ4v) is 3.79. The summed E-state index contributed by atoms with van der Waals surface area (Å²) < 4.78 is 6.77. The number of halogens is 1. The molecule has 0 saturated heterocycles. The molecule has 4 heteroatoms. The van der Waals surface area contributed by atoms with Crippen molar-refractivity contribution >= 4 is 22.9 Å². The van der Waals surface area contributed by atoms with Gasteiger partial charge < -0.3 is 10.1 Å². The molecule has 1 aliphatic rings. The van der Waals surface area contributed by atoms with Crippen molar-refractivity contribution in [2.24, 2.45) is 0 Å². The molecular formula is C17H20ClNOS. The molecule has 2 nitrogen and oxygen atoms in total. The Labute approximate surface area is 135 Å². The summed E-state index contributed by atoms with van der Waals surface area (Å²) in [6.07, 6.45) is 2.02. The Hall–Kier alpha value is -1.03. The number of nitrogens with one attached hydrogen (secondary N) is 1. The van der Waals surface area contributed by atoms with Gasteiger partial charge in [0.05, 0.1) is 4.34 Å². The maximum atomic E-state index is 5.93. The van der Waals surface area contributed by atoms with Crippen LogP contribution < -0.4 is 10.1 Å². The van der Waals surface area contributed by atoms with Gasteiger partial charge in [0.2, 0.25) is 0 Å². The highest BCUT2D eigenvalue weighted by molar-refractivity contribution is 7.16. The van der Waals surface area contributed by atoms with E-state index < -0.39 is 0 Å². The highest BCUT2D eigenvalue weighted by Gasteiger charge is 2.29. The van der Waals surface area contributed by atoms with E-state index in [0.29, 0.717) is 0 Å². The quantitative estimate of drug-likeness (QED) is 0.822. The van der Waals surface area contributed by atoms with Crippen LogP contribution in [-0.4, -0.2) is 12.1 Å². The van der Waals surface area contributed by atoms with Gasteiger partial charge in [-0.1, -0.05) is 23.7 Å². The Morgan fingerprint density at radius 3 is 2.90 bits per heavy atom. The van der Waals surface area contributed by atoms with Gasteiger partial charge in [-0.15, -0.1) is 11.3 Å². The molecule has 0 bridgehead atoms. The summed E-state index contributed by atoms with van der Waals surface area (Å²) in [6, 6.07) is 10.6. The summed E-state index contributed by atoms with van der Waals surface area (Å²) in [6.45, 7) is 6.14. The largest absolute Gasteiger partial charge is 0.487 e. The first kappa shape index (κ1) is 14.9. The van der Waals surface area contributed by atoms with Gasteiger partial charge >= 0.3 is 0 Å². The van der Waals surface area contributed by atoms with Gasteiger partial charge in [0.1, 0.15) is 11.4 Å². The first-order valence-corrected chi connectivity index (χ1v) is 8.47. The summed E-state index contributed by atoms with van der Waals surface area (Å²) in [5.41, 5.74) is 2.58. The van der Waals surface area contributed by atoms with Crippen LogP contribution >= 0.6 is 22.9 Å². The van der Waals surface area contributed by atoms with E-state index in [4.69, 9.17) is 16.3 Å². The number of ether oxygens (including phenoxy) is 1. The number of rotatable bonds is 5. The van der Waals surface area contributed by atoms with Crippen LogP contribution in [0.15, 0.2) is 30.3 Å². The lowest BCUT2D eigenvalue weighted by atomic mass is 10.0. The van der Waals surface area contributed by atoms with Crippen molar-refractivity contribution in [2.45, 2.75) is 38.8 Å². The normalized spacial score (nSPS) is 15.8. The molecule has 0 atom stereocenters. The average Bonchev–Trinajstić information content (AvgIpc) is 2.95. The number of hydrogen-bond acceptors (Lipinski definition) is 3. The summed E-state index contributed by atoms with van der Waals surface area (Å²) in [4.78, 5) is 1.33. The summed E-state index contributed by atoms with van der Waals surface area (Å²) in [5, 5.41) is 3.49. The molecule has 0 amide bonds. The fraction of sp³-hybridized carbons (Fsp3) is 0.412. The van der Waals surface area contributed by atoms with Crippen molar-refractivity contribution in [1.29, 1.82) is 0 Å². The highest BCUT2D eigenvalue weighted by atomic mass is 35.5. The van der Waals surface area contributed by atoms with Gasteiger partial charge in [0, 0.05) is 24.4 Å². The molecule has 0 fully saturated rings. The number of hydrogen-bond donors (Lipinski definition) is 1. The molecule has 1 aliphatic heterocycles. The minimum absolute atomic E-state index is 0.0627. The highest BCUT2D eigenvalue weighted by Crippen LogP contribution is 2.35. The minimum Gasteiger partial charge on any atom is -0.487 e. The van der Waals surface area contributed by atoms with Gasteiger partial charge in [-0.3, -0.25) is 0 Å². The molecule has 21 heavy (non-hydrogen) atoms. The molecule has 112 valence electrons. The molecule has 0 saturated carbocycles. The van der Waals surface area contributed by atoms with Crippen LogP contribution in [0.3, 0.4) is 0 Å². The van der Waals surface area contributed by atoms with Crippen molar-refractivity contribution in [3.05, 3.63) is 50.7 Å². The molecular weight excluding hydrogens is 302 g/mol. The first-order chi connectivity index (χ1) is 10.0. The predicted octanol–water partition coefficient (Wildman–Crippen LogP) is 4.45. The zero-order valence-electron chi connectivity index (χ0n) is 12.4. The fourth-order valence-electron chi connectivity index (χ4n) is 2.70. The maximum Gasteiger partial charge on any atom is 0.123 e. The van der Waals surface area contributed by atoms with Gasteiger partial charge in [0.15, 0.2) is 0 Å². The lowest BCUT2D eigenvalue weighted by Crippen LogP contribution is -2.24. The molecule has 0 spiro atoms. The summed E-state index contributed by atoms with van der Waals surface area (Å²) in [5.74, 6) is 1.04. The second-order valence-corrected chi connectivity index (χ2v) is 7.91. The van der Waals surface area contributed by atoms with Crippen molar-refractivity contribution < 1.29 is 4.74 Å². The van der Waals surface area contributed by atoms with Crippen molar-refractivity contribution in [2.75, 3.05) is 6.54 Å². The van der Waals surface area contributed by atoms with E-state index in [1.54, 1.807) is 11.3 Å². The average molecular weight is 322 g/mol. The van der Waals surface area contributed by atoms with E-state index in [9.17, 15) is 0 Å². The molecule has 0 radical (unpaired) electrons. The Morgan fingerprint density at radius 1 is 1.29 bits per heavy atom. The van der Waals surface area contributed by atoms with Crippen molar-refractivity contribution in [1.82, 2.24) is 5.32 Å². The van der Waals surface area contributed by atoms with E-state index in [-0.39, 0.29) is 5.60 Å². The number of thiophene rings is 1. The first-order valence-electron chi connectivity index (χ1n) is 7.28. The third-order valence-corrected chi connectivity index (χ3v) is 4.92. The molecule has 0 unspecified atom stereocenters. The van der Waals surface area contributed by atoms with Crippen molar-refractivity contribution in [3.8, 4) is 5.75 Å². The Morgan fingerprint density at radius 2 is 2.14 bits per heavy atom. The van der Waals surface area contributed by atoms with E-state index in [0.717, 1.165) is 36.0 Å². The monoisotopic (exact) mass is 321 g/mol. The number of fused-ring (bicyclic) bond motifs is 1. The second kappa shape index (κ2) is 5.99. The minimum atomic E-state index is -0.0627. The third-order valence-electron chi connectivity index (χ3n) is 3.63. The van der Waals surface area contributed by atoms with E-state index in [1.807, 2.05) is 6.07 Å². The Bertz CT molecular complexity index is 635. The smallest absolute Gasteiger partial charge is 0.123 e. The van der Waals surface area contributed by atoms with Gasteiger partial charge in [0.25, 0.3) is 0 Å². The molecule has 3 rings (SSSR count).